The Morgan fingerprint density at radius 1 is 1.45 bits per heavy atom. The first-order valence-corrected chi connectivity index (χ1v) is 3.63. The molecule has 1 amide bonds. The van der Waals surface area contributed by atoms with Crippen molar-refractivity contribution < 1.29 is 9.90 Å². The topological polar surface area (TPSA) is 75.4 Å². The molecule has 0 aliphatic carbocycles. The minimum Gasteiger partial charge on any atom is -0.503 e. The molecule has 1 rings (SSSR count). The van der Waals surface area contributed by atoms with Gasteiger partial charge in [-0.15, -0.1) is 0 Å². The van der Waals surface area contributed by atoms with Crippen LogP contribution in [0.5, 0.6) is 0 Å². The van der Waals surface area contributed by atoms with E-state index in [1.807, 2.05) is 0 Å². The molecule has 0 bridgehead atoms. The molecule has 0 atom stereocenters. The number of hydrogen-bond acceptors (Lipinski definition) is 3. The maximum atomic E-state index is 10.5. The van der Waals surface area contributed by atoms with Gasteiger partial charge in [-0.25, -0.2) is 0 Å². The van der Waals surface area contributed by atoms with E-state index in [0.29, 0.717) is 0 Å². The fraction of sp³-hybridized carbons (Fsp3) is 0.571. The molecule has 1 fully saturated rings. The van der Waals surface area contributed by atoms with E-state index >= 15 is 0 Å². The largest absolute Gasteiger partial charge is 0.503 e. The molecule has 1 saturated heterocycles. The summed E-state index contributed by atoms with van der Waals surface area (Å²) in [6.07, 6.45) is 1.43. The van der Waals surface area contributed by atoms with Gasteiger partial charge in [-0.2, -0.15) is 0 Å². The number of aliphatic hydroxyl groups is 1. The van der Waals surface area contributed by atoms with Crippen molar-refractivity contribution >= 4 is 5.91 Å². The summed E-state index contributed by atoms with van der Waals surface area (Å²) >= 11 is 0. The number of carbonyl (C=O) groups is 1. The molecule has 0 saturated carbocycles. The summed E-state index contributed by atoms with van der Waals surface area (Å²) in [5, 5.41) is 12.2. The van der Waals surface area contributed by atoms with Crippen LogP contribution >= 0.6 is 0 Å². The fourth-order valence-corrected chi connectivity index (χ4v) is 1.14. The third-order valence-corrected chi connectivity index (χ3v) is 1.78. The van der Waals surface area contributed by atoms with Gasteiger partial charge >= 0.3 is 0 Å². The Morgan fingerprint density at radius 3 is 2.45 bits per heavy atom. The molecule has 4 heteroatoms. The Morgan fingerprint density at radius 2 is 2.00 bits per heavy atom. The lowest BCUT2D eigenvalue weighted by atomic mass is 10.0. The molecule has 0 spiro atoms. The Hall–Kier alpha value is -1.03. The molecule has 1 aliphatic heterocycles. The summed E-state index contributed by atoms with van der Waals surface area (Å²) < 4.78 is 0. The van der Waals surface area contributed by atoms with E-state index in [9.17, 15) is 4.79 Å². The van der Waals surface area contributed by atoms with Gasteiger partial charge in [0.15, 0.2) is 5.76 Å². The van der Waals surface area contributed by atoms with E-state index in [2.05, 4.69) is 5.32 Å². The van der Waals surface area contributed by atoms with E-state index < -0.39 is 5.91 Å². The molecule has 11 heavy (non-hydrogen) atoms. The standard InChI is InChI=1S/C7H12N2O2/c8-7(11)6(10)5-1-3-9-4-2-5/h9-10H,1-4H2,(H2,8,11). The van der Waals surface area contributed by atoms with Crippen molar-refractivity contribution in [2.24, 2.45) is 5.73 Å². The third-order valence-electron chi connectivity index (χ3n) is 1.78. The summed E-state index contributed by atoms with van der Waals surface area (Å²) in [4.78, 5) is 10.5. The van der Waals surface area contributed by atoms with E-state index in [1.54, 1.807) is 0 Å². The van der Waals surface area contributed by atoms with Crippen LogP contribution in [0.4, 0.5) is 0 Å². The van der Waals surface area contributed by atoms with Gasteiger partial charge in [0.1, 0.15) is 0 Å². The average molecular weight is 156 g/mol. The van der Waals surface area contributed by atoms with E-state index in [4.69, 9.17) is 10.8 Å². The number of primary amides is 1. The Bertz CT molecular complexity index is 191. The van der Waals surface area contributed by atoms with Gasteiger partial charge in [-0.05, 0) is 31.5 Å². The van der Waals surface area contributed by atoms with Crippen LogP contribution in [-0.2, 0) is 4.79 Å². The monoisotopic (exact) mass is 156 g/mol. The summed E-state index contributed by atoms with van der Waals surface area (Å²) in [7, 11) is 0. The van der Waals surface area contributed by atoms with Gasteiger partial charge in [0, 0.05) is 0 Å². The van der Waals surface area contributed by atoms with Crippen molar-refractivity contribution in [3.63, 3.8) is 0 Å². The highest BCUT2D eigenvalue weighted by Crippen LogP contribution is 2.13. The van der Waals surface area contributed by atoms with Gasteiger partial charge in [0.25, 0.3) is 5.91 Å². The summed E-state index contributed by atoms with van der Waals surface area (Å²) in [5.74, 6) is -0.964. The molecule has 0 aromatic carbocycles. The first-order chi connectivity index (χ1) is 5.22. The molecule has 0 unspecified atom stereocenters. The summed E-state index contributed by atoms with van der Waals surface area (Å²) in [6.45, 7) is 1.62. The smallest absolute Gasteiger partial charge is 0.283 e. The quantitative estimate of drug-likeness (QED) is 0.359. The van der Waals surface area contributed by atoms with Gasteiger partial charge in [-0.3, -0.25) is 4.79 Å². The van der Waals surface area contributed by atoms with E-state index in [1.165, 1.54) is 0 Å². The highest BCUT2D eigenvalue weighted by molar-refractivity contribution is 5.90. The molecule has 4 N–H and O–H groups in total. The number of rotatable bonds is 1. The molecule has 0 radical (unpaired) electrons. The number of hydrogen-bond donors (Lipinski definition) is 3. The second-order valence-corrected chi connectivity index (χ2v) is 2.57. The fourth-order valence-electron chi connectivity index (χ4n) is 1.14. The lowest BCUT2D eigenvalue weighted by molar-refractivity contribution is -0.117. The molecule has 1 heterocycles. The normalized spacial score (nSPS) is 18.0. The van der Waals surface area contributed by atoms with Crippen molar-refractivity contribution in [2.45, 2.75) is 12.8 Å². The average Bonchev–Trinajstić information content (AvgIpc) is 2.05. The highest BCUT2D eigenvalue weighted by Gasteiger charge is 2.13. The number of nitrogens with two attached hydrogens (primary N) is 1. The molecule has 0 aromatic heterocycles. The lowest BCUT2D eigenvalue weighted by Crippen LogP contribution is -2.26. The van der Waals surface area contributed by atoms with Crippen LogP contribution in [0.3, 0.4) is 0 Å². The second-order valence-electron chi connectivity index (χ2n) is 2.57. The zero-order chi connectivity index (χ0) is 8.27. The Kier molecular flexibility index (Phi) is 2.48. The first-order valence-electron chi connectivity index (χ1n) is 3.63. The van der Waals surface area contributed by atoms with Crippen LogP contribution in [-0.4, -0.2) is 24.1 Å². The predicted octanol–water partition coefficient (Wildman–Crippen LogP) is -0.333. The van der Waals surface area contributed by atoms with Crippen molar-refractivity contribution in [2.75, 3.05) is 13.1 Å². The Balaban J connectivity index is 2.68. The van der Waals surface area contributed by atoms with Crippen LogP contribution < -0.4 is 11.1 Å². The molecular weight excluding hydrogens is 144 g/mol. The minimum absolute atomic E-state index is 0.244. The van der Waals surface area contributed by atoms with Gasteiger partial charge in [-0.1, -0.05) is 0 Å². The van der Waals surface area contributed by atoms with Crippen LogP contribution in [0.25, 0.3) is 0 Å². The lowest BCUT2D eigenvalue weighted by Gasteiger charge is -2.15. The van der Waals surface area contributed by atoms with Crippen molar-refractivity contribution in [1.29, 1.82) is 0 Å². The van der Waals surface area contributed by atoms with E-state index in [-0.39, 0.29) is 5.76 Å². The number of piperidine rings is 1. The maximum absolute atomic E-state index is 10.5. The molecule has 4 nitrogen and oxygen atoms in total. The maximum Gasteiger partial charge on any atom is 0.283 e. The van der Waals surface area contributed by atoms with Crippen molar-refractivity contribution in [1.82, 2.24) is 5.32 Å². The Labute approximate surface area is 65.1 Å². The number of amides is 1. The van der Waals surface area contributed by atoms with Gasteiger partial charge < -0.3 is 16.2 Å². The highest BCUT2D eigenvalue weighted by atomic mass is 16.3. The second kappa shape index (κ2) is 3.39. The van der Waals surface area contributed by atoms with Gasteiger partial charge in [0.05, 0.1) is 0 Å². The summed E-state index contributed by atoms with van der Waals surface area (Å²) in [6, 6.07) is 0. The molecular formula is C7H12N2O2. The first kappa shape index (κ1) is 8.07. The molecule has 0 aromatic rings. The number of carbonyl (C=O) groups excluding carboxylic acids is 1. The van der Waals surface area contributed by atoms with Crippen molar-refractivity contribution in [3.8, 4) is 0 Å². The zero-order valence-electron chi connectivity index (χ0n) is 6.26. The zero-order valence-corrected chi connectivity index (χ0v) is 6.26. The minimum atomic E-state index is -0.720. The molecule has 62 valence electrons. The number of nitrogens with one attached hydrogen (secondary N) is 1. The van der Waals surface area contributed by atoms with Crippen LogP contribution in [0.2, 0.25) is 0 Å². The van der Waals surface area contributed by atoms with Crippen molar-refractivity contribution in [3.05, 3.63) is 11.3 Å². The predicted molar refractivity (Wildman–Crippen MR) is 41.0 cm³/mol. The SMILES string of the molecule is NC(=O)C(O)=C1CCNCC1. The van der Waals surface area contributed by atoms with E-state index in [0.717, 1.165) is 31.5 Å². The third kappa shape index (κ3) is 1.94. The van der Waals surface area contributed by atoms with Crippen LogP contribution in [0.15, 0.2) is 11.3 Å². The molecule has 1 aliphatic rings. The van der Waals surface area contributed by atoms with Crippen LogP contribution in [0.1, 0.15) is 12.8 Å². The summed E-state index contributed by atoms with van der Waals surface area (Å²) in [5.41, 5.74) is 5.67. The number of aliphatic hydroxyl groups excluding tert-OH is 1. The van der Waals surface area contributed by atoms with Gasteiger partial charge in [0.2, 0.25) is 0 Å². The van der Waals surface area contributed by atoms with Crippen LogP contribution in [0, 0.1) is 0 Å².